The van der Waals surface area contributed by atoms with E-state index in [-0.39, 0.29) is 0 Å². The van der Waals surface area contributed by atoms with Crippen molar-refractivity contribution in [3.63, 3.8) is 0 Å². The van der Waals surface area contributed by atoms with E-state index in [0.29, 0.717) is 0 Å². The average molecular weight is 251 g/mol. The molecule has 2 rings (SSSR count). The number of ether oxygens (including phenoxy) is 1. The first-order valence-electron chi connectivity index (χ1n) is 6.45. The number of rotatable bonds is 6. The van der Waals surface area contributed by atoms with E-state index in [1.54, 1.807) is 0 Å². The van der Waals surface area contributed by atoms with Gasteiger partial charge in [-0.05, 0) is 30.7 Å². The summed E-state index contributed by atoms with van der Waals surface area (Å²) in [4.78, 5) is 0. The van der Waals surface area contributed by atoms with Gasteiger partial charge in [-0.2, -0.15) is 11.8 Å². The maximum absolute atomic E-state index is 5.63. The molecule has 1 aliphatic heterocycles. The quantitative estimate of drug-likeness (QED) is 0.786. The van der Waals surface area contributed by atoms with Gasteiger partial charge in [-0.25, -0.2) is 0 Å². The Labute approximate surface area is 108 Å². The van der Waals surface area contributed by atoms with Gasteiger partial charge in [0.25, 0.3) is 0 Å². The van der Waals surface area contributed by atoms with Crippen LogP contribution < -0.4 is 10.1 Å². The molecule has 1 atom stereocenters. The topological polar surface area (TPSA) is 21.3 Å². The van der Waals surface area contributed by atoms with E-state index in [1.807, 2.05) is 30.3 Å². The van der Waals surface area contributed by atoms with Crippen molar-refractivity contribution in [2.24, 2.45) is 0 Å². The Hall–Kier alpha value is -0.670. The molecule has 1 saturated heterocycles. The van der Waals surface area contributed by atoms with Gasteiger partial charge in [-0.3, -0.25) is 0 Å². The molecule has 0 aromatic heterocycles. The zero-order valence-corrected chi connectivity index (χ0v) is 11.0. The van der Waals surface area contributed by atoms with Crippen LogP contribution in [-0.4, -0.2) is 30.7 Å². The molecule has 1 unspecified atom stereocenters. The summed E-state index contributed by atoms with van der Waals surface area (Å²) in [6.07, 6.45) is 4.18. The third kappa shape index (κ3) is 5.00. The molecule has 0 bridgehead atoms. The lowest BCUT2D eigenvalue weighted by Crippen LogP contribution is -2.29. The first kappa shape index (κ1) is 12.8. The van der Waals surface area contributed by atoms with E-state index in [0.717, 1.165) is 30.7 Å². The number of nitrogens with one attached hydrogen (secondary N) is 1. The van der Waals surface area contributed by atoms with Crippen molar-refractivity contribution < 1.29 is 4.74 Å². The van der Waals surface area contributed by atoms with Crippen molar-refractivity contribution in [1.29, 1.82) is 0 Å². The van der Waals surface area contributed by atoms with Gasteiger partial charge in [0.2, 0.25) is 0 Å². The molecule has 17 heavy (non-hydrogen) atoms. The molecular weight excluding hydrogens is 230 g/mol. The van der Waals surface area contributed by atoms with Crippen LogP contribution in [0.2, 0.25) is 0 Å². The van der Waals surface area contributed by atoms with Crippen LogP contribution in [0.15, 0.2) is 30.3 Å². The van der Waals surface area contributed by atoms with Crippen molar-refractivity contribution in [3.05, 3.63) is 30.3 Å². The molecule has 0 spiro atoms. The van der Waals surface area contributed by atoms with Gasteiger partial charge in [0.15, 0.2) is 0 Å². The van der Waals surface area contributed by atoms with Crippen LogP contribution in [0.1, 0.15) is 19.3 Å². The van der Waals surface area contributed by atoms with Crippen LogP contribution >= 0.6 is 11.8 Å². The summed E-state index contributed by atoms with van der Waals surface area (Å²) in [5, 5.41) is 4.30. The molecule has 1 aromatic rings. The molecular formula is C14H21NOS. The lowest BCUT2D eigenvalue weighted by atomic mass is 10.2. The van der Waals surface area contributed by atoms with E-state index in [9.17, 15) is 0 Å². The second-order valence-electron chi connectivity index (χ2n) is 4.35. The first-order valence-corrected chi connectivity index (χ1v) is 7.50. The van der Waals surface area contributed by atoms with Crippen molar-refractivity contribution in [2.45, 2.75) is 24.5 Å². The van der Waals surface area contributed by atoms with Crippen LogP contribution in [0.25, 0.3) is 0 Å². The summed E-state index contributed by atoms with van der Waals surface area (Å²) < 4.78 is 5.63. The summed E-state index contributed by atoms with van der Waals surface area (Å²) in [5.41, 5.74) is 0. The number of para-hydroxylation sites is 1. The third-order valence-electron chi connectivity index (χ3n) is 2.94. The largest absolute Gasteiger partial charge is 0.492 e. The predicted molar refractivity (Wildman–Crippen MR) is 74.9 cm³/mol. The molecule has 3 heteroatoms. The van der Waals surface area contributed by atoms with Gasteiger partial charge < -0.3 is 10.1 Å². The van der Waals surface area contributed by atoms with Crippen LogP contribution in [0, 0.1) is 0 Å². The van der Waals surface area contributed by atoms with E-state index < -0.39 is 0 Å². The van der Waals surface area contributed by atoms with Gasteiger partial charge in [0.1, 0.15) is 12.4 Å². The average Bonchev–Trinajstić information content (AvgIpc) is 2.41. The Balaban J connectivity index is 1.51. The minimum atomic E-state index is 0.751. The van der Waals surface area contributed by atoms with Gasteiger partial charge >= 0.3 is 0 Å². The minimum absolute atomic E-state index is 0.751. The van der Waals surface area contributed by atoms with Gasteiger partial charge in [0.05, 0.1) is 0 Å². The van der Waals surface area contributed by atoms with Crippen molar-refractivity contribution >= 4 is 11.8 Å². The zero-order valence-electron chi connectivity index (χ0n) is 10.2. The Morgan fingerprint density at radius 2 is 2.12 bits per heavy atom. The number of thioether (sulfide) groups is 1. The van der Waals surface area contributed by atoms with E-state index in [2.05, 4.69) is 17.1 Å². The molecule has 0 saturated carbocycles. The highest BCUT2D eigenvalue weighted by atomic mass is 32.2. The summed E-state index contributed by atoms with van der Waals surface area (Å²) in [6.45, 7) is 2.82. The highest BCUT2D eigenvalue weighted by Gasteiger charge is 2.12. The van der Waals surface area contributed by atoms with Crippen LogP contribution in [0.3, 0.4) is 0 Å². The van der Waals surface area contributed by atoms with Crippen LogP contribution in [0.4, 0.5) is 0 Å². The lowest BCUT2D eigenvalue weighted by molar-refractivity contribution is 0.314. The molecule has 1 N–H and O–H groups in total. The minimum Gasteiger partial charge on any atom is -0.492 e. The van der Waals surface area contributed by atoms with Crippen LogP contribution in [0.5, 0.6) is 5.75 Å². The summed E-state index contributed by atoms with van der Waals surface area (Å²) in [5.74, 6) is 2.30. The van der Waals surface area contributed by atoms with E-state index in [4.69, 9.17) is 4.74 Å². The maximum Gasteiger partial charge on any atom is 0.119 e. The second kappa shape index (κ2) is 7.62. The predicted octanol–water partition coefficient (Wildman–Crippen LogP) is 2.94. The molecule has 94 valence electrons. The number of benzene rings is 1. The second-order valence-corrected chi connectivity index (χ2v) is 5.76. The molecule has 0 aliphatic carbocycles. The lowest BCUT2D eigenvalue weighted by Gasteiger charge is -2.21. The van der Waals surface area contributed by atoms with Crippen molar-refractivity contribution in [1.82, 2.24) is 5.32 Å². The monoisotopic (exact) mass is 251 g/mol. The fourth-order valence-corrected chi connectivity index (χ4v) is 3.26. The summed E-state index contributed by atoms with van der Waals surface area (Å²) in [7, 11) is 0. The molecule has 1 fully saturated rings. The third-order valence-corrected chi connectivity index (χ3v) is 4.33. The highest BCUT2D eigenvalue weighted by Crippen LogP contribution is 2.24. The molecule has 1 aliphatic rings. The summed E-state index contributed by atoms with van der Waals surface area (Å²) >= 11 is 2.11. The Morgan fingerprint density at radius 1 is 1.24 bits per heavy atom. The Bertz CT molecular complexity index is 298. The standard InChI is InChI=1S/C14H21NOS/c1-2-6-13(7-3-1)16-10-9-15-12-14-8-4-5-11-17-14/h1-3,6-7,14-15H,4-5,8-12H2. The fourth-order valence-electron chi connectivity index (χ4n) is 1.99. The number of hydrogen-bond donors (Lipinski definition) is 1. The number of hydrogen-bond acceptors (Lipinski definition) is 3. The SMILES string of the molecule is c1ccc(OCCNCC2CCCCS2)cc1. The summed E-state index contributed by atoms with van der Waals surface area (Å²) in [6, 6.07) is 10.0. The van der Waals surface area contributed by atoms with Crippen molar-refractivity contribution in [3.8, 4) is 5.75 Å². The Kier molecular flexibility index (Phi) is 5.73. The van der Waals surface area contributed by atoms with Crippen LogP contribution in [-0.2, 0) is 0 Å². The Morgan fingerprint density at radius 3 is 2.88 bits per heavy atom. The maximum atomic E-state index is 5.63. The molecule has 1 aromatic carbocycles. The zero-order chi connectivity index (χ0) is 11.8. The van der Waals surface area contributed by atoms with E-state index >= 15 is 0 Å². The highest BCUT2D eigenvalue weighted by molar-refractivity contribution is 7.99. The van der Waals surface area contributed by atoms with Gasteiger partial charge in [-0.15, -0.1) is 0 Å². The molecule has 2 nitrogen and oxygen atoms in total. The molecule has 0 radical (unpaired) electrons. The van der Waals surface area contributed by atoms with Gasteiger partial charge in [0, 0.05) is 18.3 Å². The fraction of sp³-hybridized carbons (Fsp3) is 0.571. The smallest absolute Gasteiger partial charge is 0.119 e. The van der Waals surface area contributed by atoms with Crippen molar-refractivity contribution in [2.75, 3.05) is 25.4 Å². The van der Waals surface area contributed by atoms with Gasteiger partial charge in [-0.1, -0.05) is 24.6 Å². The molecule has 1 heterocycles. The van der Waals surface area contributed by atoms with E-state index in [1.165, 1.54) is 25.0 Å². The first-order chi connectivity index (χ1) is 8.45. The normalized spacial score (nSPS) is 20.1. The molecule has 0 amide bonds.